The molecule has 1 heterocycles. The van der Waals surface area contributed by atoms with Gasteiger partial charge in [0.05, 0.1) is 0 Å². The molecule has 1 atom stereocenters. The minimum Gasteiger partial charge on any atom is -0.317 e. The van der Waals surface area contributed by atoms with Crippen molar-refractivity contribution in [3.63, 3.8) is 0 Å². The van der Waals surface area contributed by atoms with Crippen molar-refractivity contribution in [2.24, 2.45) is 0 Å². The number of unbranched alkanes of at least 4 members (excludes halogenated alkanes) is 1. The molecule has 4 nitrogen and oxygen atoms in total. The Balaban J connectivity index is 2.59. The third-order valence-electron chi connectivity index (χ3n) is 2.88. The van der Waals surface area contributed by atoms with E-state index in [-0.39, 0.29) is 0 Å². The van der Waals surface area contributed by atoms with E-state index in [0.717, 1.165) is 12.2 Å². The summed E-state index contributed by atoms with van der Waals surface area (Å²) in [5, 5.41) is 7.62. The third kappa shape index (κ3) is 3.59. The van der Waals surface area contributed by atoms with Crippen LogP contribution in [0, 0.1) is 0 Å². The van der Waals surface area contributed by atoms with Crippen molar-refractivity contribution in [3.05, 3.63) is 12.2 Å². The zero-order valence-electron chi connectivity index (χ0n) is 10.9. The van der Waals surface area contributed by atoms with Crippen LogP contribution >= 0.6 is 0 Å². The van der Waals surface area contributed by atoms with Crippen LogP contribution in [0.15, 0.2) is 6.33 Å². The SMILES string of the molecule is CCCCC(Cc1ncnn1C(C)C)NC. The summed E-state index contributed by atoms with van der Waals surface area (Å²) in [5.41, 5.74) is 0. The van der Waals surface area contributed by atoms with Crippen LogP contribution in [0.1, 0.15) is 51.9 Å². The fourth-order valence-electron chi connectivity index (χ4n) is 1.87. The van der Waals surface area contributed by atoms with E-state index < -0.39 is 0 Å². The van der Waals surface area contributed by atoms with Crippen molar-refractivity contribution in [2.45, 2.75) is 58.5 Å². The fraction of sp³-hybridized carbons (Fsp3) is 0.833. The minimum atomic E-state index is 0.390. The molecule has 0 aliphatic carbocycles. The number of likely N-dealkylation sites (N-methyl/N-ethyl adjacent to an activating group) is 1. The van der Waals surface area contributed by atoms with Gasteiger partial charge in [-0.2, -0.15) is 5.10 Å². The van der Waals surface area contributed by atoms with Crippen molar-refractivity contribution in [1.82, 2.24) is 20.1 Å². The molecule has 1 unspecified atom stereocenters. The average molecular weight is 224 g/mol. The zero-order chi connectivity index (χ0) is 12.0. The maximum absolute atomic E-state index is 4.35. The molecule has 1 aromatic heterocycles. The van der Waals surface area contributed by atoms with Gasteiger partial charge in [-0.05, 0) is 27.3 Å². The van der Waals surface area contributed by atoms with Gasteiger partial charge >= 0.3 is 0 Å². The van der Waals surface area contributed by atoms with E-state index in [2.05, 4.69) is 36.2 Å². The first-order valence-corrected chi connectivity index (χ1v) is 6.24. The van der Waals surface area contributed by atoms with Crippen LogP contribution in [0.25, 0.3) is 0 Å². The van der Waals surface area contributed by atoms with Crippen LogP contribution in [0.5, 0.6) is 0 Å². The number of hydrogen-bond donors (Lipinski definition) is 1. The Kier molecular flexibility index (Phi) is 5.46. The van der Waals surface area contributed by atoms with Gasteiger partial charge in [0, 0.05) is 18.5 Å². The molecular formula is C12H24N4. The Morgan fingerprint density at radius 1 is 1.44 bits per heavy atom. The highest BCUT2D eigenvalue weighted by Crippen LogP contribution is 2.10. The summed E-state index contributed by atoms with van der Waals surface area (Å²) in [5.74, 6) is 1.09. The molecule has 0 spiro atoms. The van der Waals surface area contributed by atoms with E-state index in [1.165, 1.54) is 19.3 Å². The summed E-state index contributed by atoms with van der Waals surface area (Å²) in [4.78, 5) is 4.35. The molecule has 92 valence electrons. The summed E-state index contributed by atoms with van der Waals surface area (Å²) < 4.78 is 2.01. The van der Waals surface area contributed by atoms with Gasteiger partial charge in [-0.1, -0.05) is 19.8 Å². The third-order valence-corrected chi connectivity index (χ3v) is 2.88. The smallest absolute Gasteiger partial charge is 0.138 e. The van der Waals surface area contributed by atoms with Crippen molar-refractivity contribution < 1.29 is 0 Å². The molecule has 0 amide bonds. The largest absolute Gasteiger partial charge is 0.317 e. The molecule has 0 saturated heterocycles. The molecule has 0 saturated carbocycles. The minimum absolute atomic E-state index is 0.390. The predicted octanol–water partition coefficient (Wildman–Crippen LogP) is 2.18. The lowest BCUT2D eigenvalue weighted by molar-refractivity contribution is 0.449. The summed E-state index contributed by atoms with van der Waals surface area (Å²) in [6.07, 6.45) is 6.34. The standard InChI is InChI=1S/C12H24N4/c1-5-6-7-11(13-4)8-12-14-9-15-16(12)10(2)3/h9-11,13H,5-8H2,1-4H3. The van der Waals surface area contributed by atoms with Gasteiger partial charge in [0.25, 0.3) is 0 Å². The summed E-state index contributed by atoms with van der Waals surface area (Å²) in [7, 11) is 2.02. The molecule has 0 aromatic carbocycles. The molecule has 4 heteroatoms. The van der Waals surface area contributed by atoms with Crippen LogP contribution in [0.4, 0.5) is 0 Å². The molecule has 16 heavy (non-hydrogen) atoms. The average Bonchev–Trinajstić information content (AvgIpc) is 2.72. The van der Waals surface area contributed by atoms with E-state index in [1.54, 1.807) is 6.33 Å². The van der Waals surface area contributed by atoms with Crippen LogP contribution in [0.3, 0.4) is 0 Å². The molecular weight excluding hydrogens is 200 g/mol. The summed E-state index contributed by atoms with van der Waals surface area (Å²) in [6.45, 7) is 6.50. The predicted molar refractivity (Wildman–Crippen MR) is 66.5 cm³/mol. The molecule has 1 N–H and O–H groups in total. The summed E-state index contributed by atoms with van der Waals surface area (Å²) in [6, 6.07) is 0.905. The summed E-state index contributed by atoms with van der Waals surface area (Å²) >= 11 is 0. The first-order chi connectivity index (χ1) is 7.69. The number of aromatic nitrogens is 3. The van der Waals surface area contributed by atoms with Crippen LogP contribution in [0.2, 0.25) is 0 Å². The number of nitrogens with zero attached hydrogens (tertiary/aromatic N) is 3. The van der Waals surface area contributed by atoms with Gasteiger partial charge < -0.3 is 5.32 Å². The van der Waals surface area contributed by atoms with E-state index >= 15 is 0 Å². The molecule has 1 rings (SSSR count). The zero-order valence-corrected chi connectivity index (χ0v) is 10.9. The van der Waals surface area contributed by atoms with E-state index in [1.807, 2.05) is 11.7 Å². The topological polar surface area (TPSA) is 42.7 Å². The number of rotatable bonds is 7. The number of nitrogens with one attached hydrogen (secondary N) is 1. The van der Waals surface area contributed by atoms with E-state index in [0.29, 0.717) is 12.1 Å². The molecule has 0 radical (unpaired) electrons. The maximum atomic E-state index is 4.35. The first kappa shape index (κ1) is 13.2. The lowest BCUT2D eigenvalue weighted by atomic mass is 10.1. The Morgan fingerprint density at radius 2 is 2.19 bits per heavy atom. The van der Waals surface area contributed by atoms with Crippen LogP contribution in [-0.2, 0) is 6.42 Å². The highest BCUT2D eigenvalue weighted by Gasteiger charge is 2.13. The lowest BCUT2D eigenvalue weighted by Gasteiger charge is -2.16. The Bertz CT molecular complexity index is 293. The van der Waals surface area contributed by atoms with Crippen molar-refractivity contribution in [3.8, 4) is 0 Å². The second kappa shape index (κ2) is 6.63. The van der Waals surface area contributed by atoms with Crippen molar-refractivity contribution >= 4 is 0 Å². The Morgan fingerprint density at radius 3 is 2.75 bits per heavy atom. The Hall–Kier alpha value is -0.900. The molecule has 1 aromatic rings. The van der Waals surface area contributed by atoms with Gasteiger partial charge in [0.2, 0.25) is 0 Å². The van der Waals surface area contributed by atoms with Gasteiger partial charge in [-0.25, -0.2) is 9.67 Å². The maximum Gasteiger partial charge on any atom is 0.138 e. The lowest BCUT2D eigenvalue weighted by Crippen LogP contribution is -2.29. The second-order valence-corrected chi connectivity index (χ2v) is 4.55. The van der Waals surface area contributed by atoms with Crippen LogP contribution < -0.4 is 5.32 Å². The van der Waals surface area contributed by atoms with Crippen LogP contribution in [-0.4, -0.2) is 27.9 Å². The monoisotopic (exact) mass is 224 g/mol. The van der Waals surface area contributed by atoms with Gasteiger partial charge in [0.1, 0.15) is 12.2 Å². The van der Waals surface area contributed by atoms with E-state index in [4.69, 9.17) is 0 Å². The second-order valence-electron chi connectivity index (χ2n) is 4.55. The normalized spacial score (nSPS) is 13.3. The highest BCUT2D eigenvalue weighted by molar-refractivity contribution is 4.91. The fourth-order valence-corrected chi connectivity index (χ4v) is 1.87. The van der Waals surface area contributed by atoms with E-state index in [9.17, 15) is 0 Å². The van der Waals surface area contributed by atoms with Gasteiger partial charge in [0.15, 0.2) is 0 Å². The van der Waals surface area contributed by atoms with Gasteiger partial charge in [-0.3, -0.25) is 0 Å². The Labute approximate surface area is 98.5 Å². The molecule has 0 aliphatic rings. The molecule has 0 bridgehead atoms. The van der Waals surface area contributed by atoms with Crippen molar-refractivity contribution in [2.75, 3.05) is 7.05 Å². The molecule has 0 fully saturated rings. The molecule has 0 aliphatic heterocycles. The number of hydrogen-bond acceptors (Lipinski definition) is 3. The van der Waals surface area contributed by atoms with Crippen molar-refractivity contribution in [1.29, 1.82) is 0 Å². The quantitative estimate of drug-likeness (QED) is 0.772. The highest BCUT2D eigenvalue weighted by atomic mass is 15.3. The van der Waals surface area contributed by atoms with Gasteiger partial charge in [-0.15, -0.1) is 0 Å². The first-order valence-electron chi connectivity index (χ1n) is 6.24.